The molecular weight excluding hydrogens is 364 g/mol. The molecule has 0 aromatic heterocycles. The SMILES string of the molecule is C/C(=C/C(=O)Nc1cc(NC(C)C)ccc1C(=O)O)c1ccc2ccccc2c1. The molecule has 0 saturated heterocycles. The summed E-state index contributed by atoms with van der Waals surface area (Å²) in [5.74, 6) is -1.47. The van der Waals surface area contributed by atoms with Gasteiger partial charge in [0.05, 0.1) is 11.3 Å². The van der Waals surface area contributed by atoms with E-state index in [0.29, 0.717) is 0 Å². The average molecular weight is 388 g/mol. The highest BCUT2D eigenvalue weighted by Crippen LogP contribution is 2.24. The van der Waals surface area contributed by atoms with Gasteiger partial charge in [-0.25, -0.2) is 4.79 Å². The molecule has 0 saturated carbocycles. The molecule has 0 radical (unpaired) electrons. The lowest BCUT2D eigenvalue weighted by molar-refractivity contribution is -0.111. The molecule has 0 fully saturated rings. The Labute approximate surface area is 170 Å². The number of carbonyl (C=O) groups is 2. The normalized spacial score (nSPS) is 11.5. The molecule has 0 aliphatic carbocycles. The number of hydrogen-bond acceptors (Lipinski definition) is 3. The molecule has 5 nitrogen and oxygen atoms in total. The molecule has 29 heavy (non-hydrogen) atoms. The van der Waals surface area contributed by atoms with Gasteiger partial charge in [0.2, 0.25) is 5.91 Å². The molecule has 0 bridgehead atoms. The van der Waals surface area contributed by atoms with Crippen LogP contribution in [0.5, 0.6) is 0 Å². The third-order valence-corrected chi connectivity index (χ3v) is 4.52. The highest BCUT2D eigenvalue weighted by Gasteiger charge is 2.13. The summed E-state index contributed by atoms with van der Waals surface area (Å²) in [6.07, 6.45) is 1.48. The number of carboxylic acid groups (broad SMARTS) is 1. The maximum absolute atomic E-state index is 12.6. The van der Waals surface area contributed by atoms with Gasteiger partial charge in [-0.1, -0.05) is 36.4 Å². The Balaban J connectivity index is 1.85. The highest BCUT2D eigenvalue weighted by molar-refractivity contribution is 6.08. The fourth-order valence-corrected chi connectivity index (χ4v) is 3.14. The van der Waals surface area contributed by atoms with E-state index in [0.717, 1.165) is 27.6 Å². The molecule has 0 atom stereocenters. The first-order valence-electron chi connectivity index (χ1n) is 9.46. The molecule has 1 amide bonds. The zero-order chi connectivity index (χ0) is 21.0. The Hall–Kier alpha value is -3.60. The van der Waals surface area contributed by atoms with E-state index in [9.17, 15) is 14.7 Å². The Morgan fingerprint density at radius 3 is 2.38 bits per heavy atom. The summed E-state index contributed by atoms with van der Waals surface area (Å²) in [5.41, 5.74) is 2.78. The van der Waals surface area contributed by atoms with Crippen molar-refractivity contribution in [3.63, 3.8) is 0 Å². The molecule has 0 aliphatic rings. The monoisotopic (exact) mass is 388 g/mol. The van der Waals surface area contributed by atoms with E-state index in [1.807, 2.05) is 63.2 Å². The summed E-state index contributed by atoms with van der Waals surface area (Å²) in [7, 11) is 0. The molecule has 5 heteroatoms. The van der Waals surface area contributed by atoms with Gasteiger partial charge in [0.25, 0.3) is 0 Å². The van der Waals surface area contributed by atoms with Crippen LogP contribution in [-0.2, 0) is 4.79 Å². The predicted molar refractivity (Wildman–Crippen MR) is 118 cm³/mol. The number of carboxylic acids is 1. The number of fused-ring (bicyclic) bond motifs is 1. The number of rotatable bonds is 6. The van der Waals surface area contributed by atoms with Gasteiger partial charge in [-0.05, 0) is 66.9 Å². The molecule has 0 aliphatic heterocycles. The number of allylic oxidation sites excluding steroid dienone is 1. The Kier molecular flexibility index (Phi) is 5.98. The first-order valence-corrected chi connectivity index (χ1v) is 9.46. The van der Waals surface area contributed by atoms with Gasteiger partial charge in [-0.15, -0.1) is 0 Å². The number of anilines is 2. The van der Waals surface area contributed by atoms with Crippen LogP contribution in [0.2, 0.25) is 0 Å². The summed E-state index contributed by atoms with van der Waals surface area (Å²) in [5, 5.41) is 17.6. The van der Waals surface area contributed by atoms with Crippen molar-refractivity contribution in [1.82, 2.24) is 0 Å². The van der Waals surface area contributed by atoms with Crippen molar-refractivity contribution >= 4 is 39.6 Å². The number of hydrogen-bond donors (Lipinski definition) is 3. The number of benzene rings is 3. The van der Waals surface area contributed by atoms with E-state index in [-0.39, 0.29) is 23.2 Å². The van der Waals surface area contributed by atoms with Gasteiger partial charge < -0.3 is 15.7 Å². The fraction of sp³-hybridized carbons (Fsp3) is 0.167. The van der Waals surface area contributed by atoms with Crippen LogP contribution in [0.3, 0.4) is 0 Å². The van der Waals surface area contributed by atoms with E-state index in [2.05, 4.69) is 10.6 Å². The standard InChI is InChI=1S/C24H24N2O3/c1-15(2)25-20-10-11-21(24(28)29)22(14-20)26-23(27)12-16(3)18-9-8-17-6-4-5-7-19(17)13-18/h4-15,25H,1-3H3,(H,26,27)(H,28,29)/b16-12-. The number of carbonyl (C=O) groups excluding carboxylic acids is 1. The van der Waals surface area contributed by atoms with Gasteiger partial charge in [0, 0.05) is 17.8 Å². The summed E-state index contributed by atoms with van der Waals surface area (Å²) >= 11 is 0. The molecule has 3 aromatic rings. The maximum Gasteiger partial charge on any atom is 0.337 e. The second-order valence-corrected chi connectivity index (χ2v) is 7.24. The van der Waals surface area contributed by atoms with Crippen molar-refractivity contribution in [1.29, 1.82) is 0 Å². The molecule has 148 valence electrons. The Bertz CT molecular complexity index is 1100. The predicted octanol–water partition coefficient (Wildman–Crippen LogP) is 5.40. The van der Waals surface area contributed by atoms with Crippen LogP contribution in [-0.4, -0.2) is 23.0 Å². The Morgan fingerprint density at radius 1 is 0.966 bits per heavy atom. The summed E-state index contributed by atoms with van der Waals surface area (Å²) in [6, 6.07) is 19.0. The van der Waals surface area contributed by atoms with Crippen molar-refractivity contribution in [3.8, 4) is 0 Å². The van der Waals surface area contributed by atoms with Crippen molar-refractivity contribution < 1.29 is 14.7 Å². The van der Waals surface area contributed by atoms with E-state index in [4.69, 9.17) is 0 Å². The lowest BCUT2D eigenvalue weighted by Gasteiger charge is -2.13. The maximum atomic E-state index is 12.6. The van der Waals surface area contributed by atoms with Gasteiger partial charge in [-0.2, -0.15) is 0 Å². The molecule has 3 aromatic carbocycles. The lowest BCUT2D eigenvalue weighted by Crippen LogP contribution is -2.14. The van der Waals surface area contributed by atoms with Crippen LogP contribution in [0, 0.1) is 0 Å². The zero-order valence-electron chi connectivity index (χ0n) is 16.7. The van der Waals surface area contributed by atoms with Gasteiger partial charge >= 0.3 is 5.97 Å². The summed E-state index contributed by atoms with van der Waals surface area (Å²) in [6.45, 7) is 5.83. The van der Waals surface area contributed by atoms with Crippen molar-refractivity contribution in [2.75, 3.05) is 10.6 Å². The minimum absolute atomic E-state index is 0.0458. The second-order valence-electron chi connectivity index (χ2n) is 7.24. The third kappa shape index (κ3) is 5.02. The van der Waals surface area contributed by atoms with E-state index >= 15 is 0 Å². The zero-order valence-corrected chi connectivity index (χ0v) is 16.7. The first kappa shape index (κ1) is 20.1. The van der Waals surface area contributed by atoms with Crippen LogP contribution in [0.4, 0.5) is 11.4 Å². The number of aromatic carboxylic acids is 1. The van der Waals surface area contributed by atoms with Gasteiger partial charge in [0.1, 0.15) is 0 Å². The molecule has 0 unspecified atom stereocenters. The van der Waals surface area contributed by atoms with E-state index < -0.39 is 5.97 Å². The van der Waals surface area contributed by atoms with E-state index in [1.54, 1.807) is 12.1 Å². The molecule has 3 rings (SSSR count). The smallest absolute Gasteiger partial charge is 0.337 e. The molecule has 0 heterocycles. The van der Waals surface area contributed by atoms with Crippen molar-refractivity contribution in [2.45, 2.75) is 26.8 Å². The quantitative estimate of drug-likeness (QED) is 0.494. The molecule has 3 N–H and O–H groups in total. The largest absolute Gasteiger partial charge is 0.478 e. The van der Waals surface area contributed by atoms with E-state index in [1.165, 1.54) is 12.1 Å². The average Bonchev–Trinajstić information content (AvgIpc) is 2.67. The van der Waals surface area contributed by atoms with Crippen LogP contribution >= 0.6 is 0 Å². The fourth-order valence-electron chi connectivity index (χ4n) is 3.14. The second kappa shape index (κ2) is 8.61. The third-order valence-electron chi connectivity index (χ3n) is 4.52. The van der Waals surface area contributed by atoms with Crippen molar-refractivity contribution in [2.24, 2.45) is 0 Å². The molecular formula is C24H24N2O3. The number of amides is 1. The van der Waals surface area contributed by atoms with Gasteiger partial charge in [-0.3, -0.25) is 4.79 Å². The topological polar surface area (TPSA) is 78.4 Å². The molecule has 0 spiro atoms. The van der Waals surface area contributed by atoms with Crippen LogP contribution in [0.25, 0.3) is 16.3 Å². The first-order chi connectivity index (χ1) is 13.8. The summed E-state index contributed by atoms with van der Waals surface area (Å²) in [4.78, 5) is 24.1. The van der Waals surface area contributed by atoms with Crippen LogP contribution in [0.1, 0.15) is 36.7 Å². The summed E-state index contributed by atoms with van der Waals surface area (Å²) < 4.78 is 0. The highest BCUT2D eigenvalue weighted by atomic mass is 16.4. The number of nitrogens with one attached hydrogen (secondary N) is 2. The van der Waals surface area contributed by atoms with Gasteiger partial charge in [0.15, 0.2) is 0 Å². The minimum atomic E-state index is -1.09. The van der Waals surface area contributed by atoms with Crippen molar-refractivity contribution in [3.05, 3.63) is 77.9 Å². The Morgan fingerprint density at radius 2 is 1.69 bits per heavy atom. The van der Waals surface area contributed by atoms with Crippen LogP contribution in [0.15, 0.2) is 66.7 Å². The lowest BCUT2D eigenvalue weighted by atomic mass is 10.0. The van der Waals surface area contributed by atoms with Crippen LogP contribution < -0.4 is 10.6 Å². The minimum Gasteiger partial charge on any atom is -0.478 e.